The molecule has 3 aromatic rings. The number of likely N-dealkylation sites (N-methyl/N-ethyl adjacent to an activating group) is 1. The predicted octanol–water partition coefficient (Wildman–Crippen LogP) is 5.44. The van der Waals surface area contributed by atoms with E-state index in [1.165, 1.54) is 12.1 Å². The van der Waals surface area contributed by atoms with Crippen LogP contribution in [-0.4, -0.2) is 23.9 Å². The lowest BCUT2D eigenvalue weighted by Crippen LogP contribution is -2.39. The first-order valence-electron chi connectivity index (χ1n) is 9.10. The molecular weight excluding hydrogens is 371 g/mol. The second-order valence-electron chi connectivity index (χ2n) is 6.62. The highest BCUT2D eigenvalue weighted by Crippen LogP contribution is 2.33. The highest BCUT2D eigenvalue weighted by Gasteiger charge is 2.19. The van der Waals surface area contributed by atoms with E-state index < -0.39 is 0 Å². The molecule has 0 fully saturated rings. The standard InChI is InChI=1S/C23H23FN2OS/c1-17(26(2)16-18-9-8-10-19(24)15-18)23(27)25-21-13-6-7-14-22(21)28-20-11-4-3-5-12-20/h3-15,17H,16H2,1-2H3,(H,25,27). The van der Waals surface area contributed by atoms with E-state index in [9.17, 15) is 9.18 Å². The van der Waals surface area contributed by atoms with Gasteiger partial charge < -0.3 is 5.32 Å². The van der Waals surface area contributed by atoms with E-state index >= 15 is 0 Å². The number of rotatable bonds is 7. The van der Waals surface area contributed by atoms with Gasteiger partial charge in [0.15, 0.2) is 0 Å². The molecule has 1 amide bonds. The zero-order chi connectivity index (χ0) is 19.9. The van der Waals surface area contributed by atoms with E-state index in [4.69, 9.17) is 0 Å². The summed E-state index contributed by atoms with van der Waals surface area (Å²) in [5, 5.41) is 3.03. The SMILES string of the molecule is CC(C(=O)Nc1ccccc1Sc1ccccc1)N(C)Cc1cccc(F)c1. The molecular formula is C23H23FN2OS. The van der Waals surface area contributed by atoms with Gasteiger partial charge in [-0.05, 0) is 55.9 Å². The van der Waals surface area contributed by atoms with Crippen molar-refractivity contribution in [3.63, 3.8) is 0 Å². The second kappa shape index (κ2) is 9.53. The van der Waals surface area contributed by atoms with Gasteiger partial charge in [0, 0.05) is 16.3 Å². The Bertz CT molecular complexity index is 933. The quantitative estimate of drug-likeness (QED) is 0.579. The first-order chi connectivity index (χ1) is 13.5. The van der Waals surface area contributed by atoms with Crippen molar-refractivity contribution in [1.29, 1.82) is 0 Å². The van der Waals surface area contributed by atoms with E-state index in [-0.39, 0.29) is 17.8 Å². The van der Waals surface area contributed by atoms with Gasteiger partial charge in [-0.2, -0.15) is 0 Å². The van der Waals surface area contributed by atoms with Crippen molar-refractivity contribution in [1.82, 2.24) is 4.90 Å². The molecule has 0 radical (unpaired) electrons. The van der Waals surface area contributed by atoms with Crippen LogP contribution in [0.3, 0.4) is 0 Å². The van der Waals surface area contributed by atoms with Crippen LogP contribution in [0, 0.1) is 5.82 Å². The number of halogens is 1. The molecule has 3 nitrogen and oxygen atoms in total. The number of carbonyl (C=O) groups is 1. The fourth-order valence-electron chi connectivity index (χ4n) is 2.77. The van der Waals surface area contributed by atoms with Crippen LogP contribution in [0.15, 0.2) is 88.7 Å². The van der Waals surface area contributed by atoms with Gasteiger partial charge in [0.05, 0.1) is 11.7 Å². The monoisotopic (exact) mass is 394 g/mol. The lowest BCUT2D eigenvalue weighted by Gasteiger charge is -2.24. The maximum absolute atomic E-state index is 13.4. The zero-order valence-electron chi connectivity index (χ0n) is 15.9. The highest BCUT2D eigenvalue weighted by molar-refractivity contribution is 7.99. The van der Waals surface area contributed by atoms with Crippen LogP contribution in [0.25, 0.3) is 0 Å². The van der Waals surface area contributed by atoms with Crippen molar-refractivity contribution >= 4 is 23.4 Å². The molecule has 3 aromatic carbocycles. The Morgan fingerprint density at radius 1 is 1.04 bits per heavy atom. The number of amides is 1. The van der Waals surface area contributed by atoms with Crippen LogP contribution in [0.2, 0.25) is 0 Å². The third-order valence-corrected chi connectivity index (χ3v) is 5.56. The van der Waals surface area contributed by atoms with Crippen LogP contribution in [0.4, 0.5) is 10.1 Å². The van der Waals surface area contributed by atoms with Crippen LogP contribution >= 0.6 is 11.8 Å². The number of anilines is 1. The van der Waals surface area contributed by atoms with E-state index in [0.29, 0.717) is 6.54 Å². The molecule has 1 unspecified atom stereocenters. The molecule has 0 aliphatic carbocycles. The first-order valence-corrected chi connectivity index (χ1v) is 9.92. The van der Waals surface area contributed by atoms with Crippen molar-refractivity contribution < 1.29 is 9.18 Å². The van der Waals surface area contributed by atoms with Crippen LogP contribution < -0.4 is 5.32 Å². The Labute approximate surface area is 169 Å². The molecule has 144 valence electrons. The van der Waals surface area contributed by atoms with Gasteiger partial charge in [0.2, 0.25) is 5.91 Å². The lowest BCUT2D eigenvalue weighted by atomic mass is 10.2. The van der Waals surface area contributed by atoms with Gasteiger partial charge in [-0.25, -0.2) is 4.39 Å². The van der Waals surface area contributed by atoms with Crippen molar-refractivity contribution in [2.45, 2.75) is 29.3 Å². The predicted molar refractivity (Wildman–Crippen MR) is 113 cm³/mol. The number of para-hydroxylation sites is 1. The van der Waals surface area contributed by atoms with Crippen molar-refractivity contribution in [3.8, 4) is 0 Å². The molecule has 0 saturated carbocycles. The Kier molecular flexibility index (Phi) is 6.85. The second-order valence-corrected chi connectivity index (χ2v) is 7.74. The summed E-state index contributed by atoms with van der Waals surface area (Å²) in [7, 11) is 1.86. The van der Waals surface area contributed by atoms with Crippen LogP contribution in [0.1, 0.15) is 12.5 Å². The van der Waals surface area contributed by atoms with Gasteiger partial charge in [0.25, 0.3) is 0 Å². The third-order valence-electron chi connectivity index (χ3n) is 4.48. The smallest absolute Gasteiger partial charge is 0.241 e. The Morgan fingerprint density at radius 3 is 2.50 bits per heavy atom. The summed E-state index contributed by atoms with van der Waals surface area (Å²) in [5.74, 6) is -0.366. The molecule has 1 atom stereocenters. The van der Waals surface area contributed by atoms with E-state index in [0.717, 1.165) is 21.0 Å². The maximum Gasteiger partial charge on any atom is 0.241 e. The minimum atomic E-state index is -0.363. The van der Waals surface area contributed by atoms with Crippen molar-refractivity contribution in [2.24, 2.45) is 0 Å². The summed E-state index contributed by atoms with van der Waals surface area (Å²) in [6, 6.07) is 23.9. The van der Waals surface area contributed by atoms with Crippen molar-refractivity contribution in [3.05, 3.63) is 90.2 Å². The normalized spacial score (nSPS) is 12.0. The average molecular weight is 395 g/mol. The summed E-state index contributed by atoms with van der Waals surface area (Å²) in [5.41, 5.74) is 1.62. The van der Waals surface area contributed by atoms with E-state index in [1.807, 2.05) is 79.5 Å². The van der Waals surface area contributed by atoms with Gasteiger partial charge in [-0.15, -0.1) is 0 Å². The highest BCUT2D eigenvalue weighted by atomic mass is 32.2. The summed E-state index contributed by atoms with van der Waals surface area (Å²) >= 11 is 1.61. The molecule has 1 N–H and O–H groups in total. The largest absolute Gasteiger partial charge is 0.324 e. The Morgan fingerprint density at radius 2 is 1.75 bits per heavy atom. The first kappa shape index (κ1) is 20.1. The topological polar surface area (TPSA) is 32.3 Å². The van der Waals surface area contributed by atoms with E-state index in [1.54, 1.807) is 17.8 Å². The fourth-order valence-corrected chi connectivity index (χ4v) is 3.69. The number of nitrogens with one attached hydrogen (secondary N) is 1. The van der Waals surface area contributed by atoms with E-state index in [2.05, 4.69) is 5.32 Å². The van der Waals surface area contributed by atoms with Gasteiger partial charge in [-0.1, -0.05) is 54.2 Å². The minimum Gasteiger partial charge on any atom is -0.324 e. The molecule has 0 aliphatic rings. The summed E-state index contributed by atoms with van der Waals surface area (Å²) in [4.78, 5) is 16.8. The van der Waals surface area contributed by atoms with Crippen LogP contribution in [-0.2, 0) is 11.3 Å². The minimum absolute atomic E-state index is 0.0972. The van der Waals surface area contributed by atoms with Crippen molar-refractivity contribution in [2.75, 3.05) is 12.4 Å². The van der Waals surface area contributed by atoms with Gasteiger partial charge >= 0.3 is 0 Å². The maximum atomic E-state index is 13.4. The Balaban J connectivity index is 1.67. The molecule has 5 heteroatoms. The zero-order valence-corrected chi connectivity index (χ0v) is 16.7. The number of hydrogen-bond donors (Lipinski definition) is 1. The van der Waals surface area contributed by atoms with Gasteiger partial charge in [0.1, 0.15) is 5.82 Å². The molecule has 0 bridgehead atoms. The summed E-state index contributed by atoms with van der Waals surface area (Å²) in [6.07, 6.45) is 0. The summed E-state index contributed by atoms with van der Waals surface area (Å²) < 4.78 is 13.4. The molecule has 28 heavy (non-hydrogen) atoms. The number of nitrogens with zero attached hydrogens (tertiary/aromatic N) is 1. The number of carbonyl (C=O) groups excluding carboxylic acids is 1. The van der Waals surface area contributed by atoms with Crippen LogP contribution in [0.5, 0.6) is 0 Å². The number of hydrogen-bond acceptors (Lipinski definition) is 3. The van der Waals surface area contributed by atoms with Gasteiger partial charge in [-0.3, -0.25) is 9.69 Å². The lowest BCUT2D eigenvalue weighted by molar-refractivity contribution is -0.120. The molecule has 0 saturated heterocycles. The molecule has 0 aliphatic heterocycles. The molecule has 3 rings (SSSR count). The third kappa shape index (κ3) is 5.44. The summed E-state index contributed by atoms with van der Waals surface area (Å²) in [6.45, 7) is 2.34. The molecule has 0 aromatic heterocycles. The molecule has 0 spiro atoms. The molecule has 0 heterocycles. The fraction of sp³-hybridized carbons (Fsp3) is 0.174. The average Bonchev–Trinajstić information content (AvgIpc) is 2.69. The Hall–Kier alpha value is -2.63. The number of benzene rings is 3.